The summed E-state index contributed by atoms with van der Waals surface area (Å²) < 4.78 is 5.00. The summed E-state index contributed by atoms with van der Waals surface area (Å²) in [6, 6.07) is 14.1. The lowest BCUT2D eigenvalue weighted by Gasteiger charge is -2.36. The fraction of sp³-hybridized carbons (Fsp3) is 0.300. The van der Waals surface area contributed by atoms with Crippen LogP contribution in [0.3, 0.4) is 0 Å². The molecule has 146 valence electrons. The second-order valence-corrected chi connectivity index (χ2v) is 6.71. The first kappa shape index (κ1) is 18.0. The number of nitrogens with zero attached hydrogens (tertiary/aromatic N) is 3. The van der Waals surface area contributed by atoms with E-state index in [0.29, 0.717) is 50.7 Å². The molecule has 28 heavy (non-hydrogen) atoms. The Hall–Kier alpha value is -3.42. The van der Waals surface area contributed by atoms with Crippen LogP contribution in [0.4, 0.5) is 26.7 Å². The third kappa shape index (κ3) is 3.66. The number of urea groups is 1. The minimum absolute atomic E-state index is 0.199. The molecule has 0 spiro atoms. The third-order valence-corrected chi connectivity index (χ3v) is 4.96. The maximum absolute atomic E-state index is 12.7. The highest BCUT2D eigenvalue weighted by molar-refractivity contribution is 5.99. The molecule has 0 atom stereocenters. The van der Waals surface area contributed by atoms with Crippen molar-refractivity contribution in [2.24, 2.45) is 0 Å². The zero-order chi connectivity index (χ0) is 19.5. The van der Waals surface area contributed by atoms with Crippen molar-refractivity contribution >= 4 is 29.2 Å². The number of carbonyl (C=O) groups excluding carboxylic acids is 2. The number of piperazine rings is 1. The van der Waals surface area contributed by atoms with Gasteiger partial charge >= 0.3 is 12.1 Å². The fourth-order valence-electron chi connectivity index (χ4n) is 3.48. The van der Waals surface area contributed by atoms with Crippen LogP contribution in [0.2, 0.25) is 0 Å². The van der Waals surface area contributed by atoms with Gasteiger partial charge in [-0.25, -0.2) is 9.59 Å². The van der Waals surface area contributed by atoms with Gasteiger partial charge in [0.05, 0.1) is 17.9 Å². The Morgan fingerprint density at radius 3 is 2.50 bits per heavy atom. The zero-order valence-corrected chi connectivity index (χ0v) is 15.4. The van der Waals surface area contributed by atoms with Gasteiger partial charge in [-0.1, -0.05) is 18.2 Å². The largest absolute Gasteiger partial charge is 0.508 e. The second-order valence-electron chi connectivity index (χ2n) is 6.71. The van der Waals surface area contributed by atoms with Crippen LogP contribution in [0.5, 0.6) is 5.75 Å². The van der Waals surface area contributed by atoms with E-state index in [1.807, 2.05) is 24.3 Å². The predicted octanol–water partition coefficient (Wildman–Crippen LogP) is 2.70. The normalized spacial score (nSPS) is 16.9. The van der Waals surface area contributed by atoms with Crippen molar-refractivity contribution in [3.63, 3.8) is 0 Å². The molecule has 8 heteroatoms. The number of benzene rings is 2. The number of para-hydroxylation sites is 2. The van der Waals surface area contributed by atoms with Crippen molar-refractivity contribution in [2.75, 3.05) is 54.4 Å². The van der Waals surface area contributed by atoms with E-state index < -0.39 is 6.09 Å². The highest BCUT2D eigenvalue weighted by atomic mass is 16.6. The Bertz CT molecular complexity index is 880. The SMILES string of the molecule is O=C(Nc1ccccc1N1CCOC1=O)N1CCN(c2cccc(O)c2)CC1. The number of ether oxygens (including phenoxy) is 1. The Morgan fingerprint density at radius 2 is 1.79 bits per heavy atom. The topological polar surface area (TPSA) is 85.4 Å². The first-order valence-electron chi connectivity index (χ1n) is 9.25. The molecule has 3 amide bonds. The van der Waals surface area contributed by atoms with E-state index in [1.54, 1.807) is 29.2 Å². The molecule has 2 N–H and O–H groups in total. The highest BCUT2D eigenvalue weighted by Gasteiger charge is 2.27. The highest BCUT2D eigenvalue weighted by Crippen LogP contribution is 2.28. The van der Waals surface area contributed by atoms with Gasteiger partial charge in [0, 0.05) is 37.9 Å². The monoisotopic (exact) mass is 382 g/mol. The maximum Gasteiger partial charge on any atom is 0.414 e. The molecule has 2 heterocycles. The summed E-state index contributed by atoms with van der Waals surface area (Å²) in [4.78, 5) is 30.0. The number of hydrogen-bond donors (Lipinski definition) is 2. The van der Waals surface area contributed by atoms with Crippen LogP contribution >= 0.6 is 0 Å². The number of nitrogens with one attached hydrogen (secondary N) is 1. The van der Waals surface area contributed by atoms with Crippen LogP contribution in [0.15, 0.2) is 48.5 Å². The Labute approximate surface area is 162 Å². The van der Waals surface area contributed by atoms with Crippen molar-refractivity contribution in [1.29, 1.82) is 0 Å². The molecule has 2 aromatic carbocycles. The maximum atomic E-state index is 12.7. The summed E-state index contributed by atoms with van der Waals surface area (Å²) in [6.45, 7) is 3.30. The van der Waals surface area contributed by atoms with Gasteiger partial charge in [-0.3, -0.25) is 4.90 Å². The van der Waals surface area contributed by atoms with Crippen LogP contribution in [-0.2, 0) is 4.74 Å². The molecular weight excluding hydrogens is 360 g/mol. The molecule has 4 rings (SSSR count). The average molecular weight is 382 g/mol. The first-order chi connectivity index (χ1) is 13.6. The minimum atomic E-state index is -0.401. The van der Waals surface area contributed by atoms with E-state index in [4.69, 9.17) is 4.74 Å². The summed E-state index contributed by atoms with van der Waals surface area (Å²) in [7, 11) is 0. The number of phenols is 1. The second kappa shape index (κ2) is 7.67. The van der Waals surface area contributed by atoms with Gasteiger partial charge in [0.15, 0.2) is 0 Å². The molecule has 2 saturated heterocycles. The summed E-state index contributed by atoms with van der Waals surface area (Å²) in [5.74, 6) is 0.231. The molecular formula is C20H22N4O4. The van der Waals surface area contributed by atoms with Crippen LogP contribution in [0.1, 0.15) is 0 Å². The van der Waals surface area contributed by atoms with Crippen LogP contribution in [0, 0.1) is 0 Å². The number of aromatic hydroxyl groups is 1. The van der Waals surface area contributed by atoms with E-state index >= 15 is 0 Å². The third-order valence-electron chi connectivity index (χ3n) is 4.96. The zero-order valence-electron chi connectivity index (χ0n) is 15.4. The van der Waals surface area contributed by atoms with Crippen molar-refractivity contribution in [2.45, 2.75) is 0 Å². The summed E-state index contributed by atoms with van der Waals surface area (Å²) in [5.41, 5.74) is 2.16. The molecule has 0 unspecified atom stereocenters. The number of anilines is 3. The van der Waals surface area contributed by atoms with Gasteiger partial charge in [-0.15, -0.1) is 0 Å². The molecule has 0 aromatic heterocycles. The standard InChI is InChI=1S/C20H22N4O4/c25-16-5-3-4-15(14-16)22-8-10-23(11-9-22)19(26)21-17-6-1-2-7-18(17)24-12-13-28-20(24)27/h1-7,14,25H,8-13H2,(H,21,26). The lowest BCUT2D eigenvalue weighted by molar-refractivity contribution is 0.181. The van der Waals surface area contributed by atoms with Crippen molar-refractivity contribution in [1.82, 2.24) is 4.90 Å². The number of phenolic OH excluding ortho intramolecular Hbond substituents is 1. The fourth-order valence-corrected chi connectivity index (χ4v) is 3.48. The Balaban J connectivity index is 1.40. The van der Waals surface area contributed by atoms with Crippen molar-refractivity contribution in [3.8, 4) is 5.75 Å². The smallest absolute Gasteiger partial charge is 0.414 e. The van der Waals surface area contributed by atoms with E-state index in [2.05, 4.69) is 10.2 Å². The van der Waals surface area contributed by atoms with Gasteiger partial charge in [0.1, 0.15) is 12.4 Å². The molecule has 8 nitrogen and oxygen atoms in total. The average Bonchev–Trinajstić information content (AvgIpc) is 3.14. The molecule has 0 aliphatic carbocycles. The lowest BCUT2D eigenvalue weighted by atomic mass is 10.2. The van der Waals surface area contributed by atoms with Gasteiger partial charge in [-0.2, -0.15) is 0 Å². The van der Waals surface area contributed by atoms with E-state index in [0.717, 1.165) is 5.69 Å². The van der Waals surface area contributed by atoms with Gasteiger partial charge in [0.2, 0.25) is 0 Å². The molecule has 2 aliphatic heterocycles. The predicted molar refractivity (Wildman–Crippen MR) is 106 cm³/mol. The van der Waals surface area contributed by atoms with E-state index in [1.165, 1.54) is 4.90 Å². The summed E-state index contributed by atoms with van der Waals surface area (Å²) in [5, 5.41) is 12.6. The van der Waals surface area contributed by atoms with E-state index in [9.17, 15) is 14.7 Å². The van der Waals surface area contributed by atoms with Gasteiger partial charge in [-0.05, 0) is 24.3 Å². The summed E-state index contributed by atoms with van der Waals surface area (Å²) >= 11 is 0. The Morgan fingerprint density at radius 1 is 1.00 bits per heavy atom. The van der Waals surface area contributed by atoms with Crippen LogP contribution in [-0.4, -0.2) is 61.5 Å². The van der Waals surface area contributed by atoms with Crippen LogP contribution < -0.4 is 15.1 Å². The Kier molecular flexibility index (Phi) is 4.92. The van der Waals surface area contributed by atoms with Crippen molar-refractivity contribution < 1.29 is 19.4 Å². The molecule has 2 aromatic rings. The molecule has 2 aliphatic rings. The van der Waals surface area contributed by atoms with Crippen LogP contribution in [0.25, 0.3) is 0 Å². The molecule has 2 fully saturated rings. The quantitative estimate of drug-likeness (QED) is 0.853. The molecule has 0 radical (unpaired) electrons. The summed E-state index contributed by atoms with van der Waals surface area (Å²) in [6.07, 6.45) is -0.401. The van der Waals surface area contributed by atoms with E-state index in [-0.39, 0.29) is 11.8 Å². The number of carbonyl (C=O) groups is 2. The first-order valence-corrected chi connectivity index (χ1v) is 9.25. The van der Waals surface area contributed by atoms with Gasteiger partial charge < -0.3 is 25.0 Å². The number of amides is 3. The molecule has 0 bridgehead atoms. The number of rotatable bonds is 3. The number of cyclic esters (lactones) is 1. The van der Waals surface area contributed by atoms with Gasteiger partial charge in [0.25, 0.3) is 0 Å². The minimum Gasteiger partial charge on any atom is -0.508 e. The van der Waals surface area contributed by atoms with Crippen molar-refractivity contribution in [3.05, 3.63) is 48.5 Å². The lowest BCUT2D eigenvalue weighted by Crippen LogP contribution is -2.50. The number of hydrogen-bond acceptors (Lipinski definition) is 5. The molecule has 0 saturated carbocycles.